The highest BCUT2D eigenvalue weighted by Crippen LogP contribution is 2.51. The van der Waals surface area contributed by atoms with Crippen LogP contribution >= 0.6 is 0 Å². The minimum atomic E-state index is -2.03. The van der Waals surface area contributed by atoms with Crippen LogP contribution in [0.3, 0.4) is 0 Å². The number of hydrogen-bond donors (Lipinski definition) is 13. The van der Waals surface area contributed by atoms with Gasteiger partial charge in [-0.25, -0.2) is 0 Å². The fourth-order valence-corrected chi connectivity index (χ4v) is 5.95. The first kappa shape index (κ1) is 38.8. The topological polar surface area (TPSA) is 349 Å². The lowest BCUT2D eigenvalue weighted by atomic mass is 9.99. The van der Waals surface area contributed by atoms with Crippen molar-refractivity contribution in [3.8, 4) is 40.1 Å². The lowest BCUT2D eigenvalue weighted by molar-refractivity contribution is -0.277. The highest BCUT2D eigenvalue weighted by Gasteiger charge is 2.47. The Morgan fingerprint density at radius 3 is 1.72 bits per heavy atom. The monoisotopic (exact) mass is 758 g/mol. The molecule has 53 heavy (non-hydrogen) atoms. The normalized spacial score (nSPS) is 36.3. The summed E-state index contributed by atoms with van der Waals surface area (Å²) in [5, 5.41) is 133. The molecular formula is C32H38O21. The Morgan fingerprint density at radius 2 is 1.15 bits per heavy atom. The molecule has 0 bridgehead atoms. The molecule has 0 unspecified atom stereocenters. The average Bonchev–Trinajstić information content (AvgIpc) is 3.15. The van der Waals surface area contributed by atoms with Gasteiger partial charge in [-0.15, -0.1) is 0 Å². The molecule has 0 spiro atoms. The zero-order chi connectivity index (χ0) is 38.5. The molecule has 21 heteroatoms. The predicted octanol–water partition coefficient (Wildman–Crippen LogP) is -4.95. The second-order valence-corrected chi connectivity index (χ2v) is 12.6. The smallest absolute Gasteiger partial charge is 0.229 e. The second kappa shape index (κ2) is 15.4. The van der Waals surface area contributed by atoms with Gasteiger partial charge in [-0.3, -0.25) is 4.79 Å². The van der Waals surface area contributed by atoms with Crippen LogP contribution in [0.25, 0.3) is 22.3 Å². The van der Waals surface area contributed by atoms with Crippen LogP contribution in [0.15, 0.2) is 39.5 Å². The Morgan fingerprint density at radius 1 is 0.623 bits per heavy atom. The number of fused-ring (bicyclic) bond motifs is 1. The van der Waals surface area contributed by atoms with Gasteiger partial charge in [0.05, 0.1) is 19.8 Å². The molecule has 0 saturated carbocycles. The molecule has 0 aliphatic carbocycles. The van der Waals surface area contributed by atoms with E-state index in [0.717, 1.165) is 6.07 Å². The Labute approximate surface area is 296 Å². The molecule has 3 fully saturated rings. The minimum absolute atomic E-state index is 0.0553. The quantitative estimate of drug-likeness (QED) is 0.0972. The highest BCUT2D eigenvalue weighted by atomic mass is 16.7. The maximum atomic E-state index is 13.6. The lowest BCUT2D eigenvalue weighted by Crippen LogP contribution is -2.60. The zero-order valence-corrected chi connectivity index (χ0v) is 27.2. The van der Waals surface area contributed by atoms with Crippen molar-refractivity contribution in [1.82, 2.24) is 0 Å². The van der Waals surface area contributed by atoms with Crippen molar-refractivity contribution in [3.63, 3.8) is 0 Å². The van der Waals surface area contributed by atoms with E-state index in [1.54, 1.807) is 0 Å². The maximum absolute atomic E-state index is 13.6. The predicted molar refractivity (Wildman–Crippen MR) is 168 cm³/mol. The summed E-state index contributed by atoms with van der Waals surface area (Å²) in [6.45, 7) is -2.09. The van der Waals surface area contributed by atoms with Crippen LogP contribution in [0.1, 0.15) is 0 Å². The van der Waals surface area contributed by atoms with Gasteiger partial charge in [0.15, 0.2) is 16.8 Å². The molecule has 292 valence electrons. The summed E-state index contributed by atoms with van der Waals surface area (Å²) in [5.41, 5.74) is -1.48. The zero-order valence-electron chi connectivity index (χ0n) is 27.2. The molecular weight excluding hydrogens is 720 g/mol. The molecule has 1 aromatic heterocycles. The molecule has 0 amide bonds. The Balaban J connectivity index is 1.38. The highest BCUT2D eigenvalue weighted by molar-refractivity contribution is 5.95. The molecule has 6 rings (SSSR count). The molecule has 3 aliphatic heterocycles. The van der Waals surface area contributed by atoms with E-state index in [-0.39, 0.29) is 17.1 Å². The summed E-state index contributed by atoms with van der Waals surface area (Å²) in [6.07, 6.45) is -24.1. The summed E-state index contributed by atoms with van der Waals surface area (Å²) >= 11 is 0. The van der Waals surface area contributed by atoms with Crippen molar-refractivity contribution in [3.05, 3.63) is 40.6 Å². The van der Waals surface area contributed by atoms with Crippen LogP contribution in [-0.4, -0.2) is 172 Å². The maximum Gasteiger partial charge on any atom is 0.229 e. The summed E-state index contributed by atoms with van der Waals surface area (Å²) in [6, 6.07) is 6.32. The lowest BCUT2D eigenvalue weighted by Gasteiger charge is -2.39. The van der Waals surface area contributed by atoms with Gasteiger partial charge >= 0.3 is 0 Å². The SMILES string of the molecule is O=c1cc(-c2ccc(O[C@@H]3O[C@H](CO)[C@@H](O)[C@H](O)[C@H]3O)cc2)oc2c(O[C@@H]3OC[C@H](O)[C@H](O)[C@H]3O)c(O)c(O[C@@H]3O[C@H](CO)[C@@H](O)[C@H](O)[C@H]3O)c(O)c12. The number of ether oxygens (including phenoxy) is 6. The van der Waals surface area contributed by atoms with Gasteiger partial charge in [-0.05, 0) is 24.3 Å². The Bertz CT molecular complexity index is 1800. The molecule has 13 N–H and O–H groups in total. The number of rotatable bonds is 9. The molecule has 3 aromatic rings. The van der Waals surface area contributed by atoms with Crippen LogP contribution in [0.5, 0.6) is 28.7 Å². The van der Waals surface area contributed by atoms with E-state index < -0.39 is 145 Å². The van der Waals surface area contributed by atoms with E-state index in [0.29, 0.717) is 0 Å². The van der Waals surface area contributed by atoms with Crippen LogP contribution in [-0.2, 0) is 14.2 Å². The van der Waals surface area contributed by atoms with Crippen LogP contribution in [0, 0.1) is 0 Å². The van der Waals surface area contributed by atoms with Crippen LogP contribution in [0.2, 0.25) is 0 Å². The average molecular weight is 759 g/mol. The number of phenols is 2. The van der Waals surface area contributed by atoms with E-state index in [1.807, 2.05) is 0 Å². The van der Waals surface area contributed by atoms with Gasteiger partial charge < -0.3 is 99.2 Å². The standard InChI is InChI=1S/C32H38O21/c33-6-14-18(38)21(41)24(44)31(50-14)48-10-3-1-9(2-4-10)13-5-11(35)16-20(40)28(52-32-25(45)22(42)19(39)15(7-34)51-32)26(46)29(27(16)49-13)53-30-23(43)17(37)12(36)8-47-30/h1-5,12,14-15,17-19,21-25,30-34,36-46H,6-8H2/t12-,14+,15+,17-,18+,19+,21-,22-,23+,24+,25+,30-,31+,32-/m0/s1. The molecule has 21 nitrogen and oxygen atoms in total. The van der Waals surface area contributed by atoms with Gasteiger partial charge in [0.25, 0.3) is 0 Å². The van der Waals surface area contributed by atoms with Gasteiger partial charge in [0.1, 0.15) is 84.0 Å². The third-order valence-electron chi connectivity index (χ3n) is 9.05. The first-order chi connectivity index (χ1) is 25.2. The molecule has 4 heterocycles. The summed E-state index contributed by atoms with van der Waals surface area (Å²) in [4.78, 5) is 13.6. The van der Waals surface area contributed by atoms with E-state index in [9.17, 15) is 71.2 Å². The molecule has 0 radical (unpaired) electrons. The van der Waals surface area contributed by atoms with Crippen molar-refractivity contribution < 1.29 is 99.2 Å². The fraction of sp³-hybridized carbons (Fsp3) is 0.531. The molecule has 2 aromatic carbocycles. The second-order valence-electron chi connectivity index (χ2n) is 12.6. The van der Waals surface area contributed by atoms with Crippen LogP contribution in [0.4, 0.5) is 0 Å². The van der Waals surface area contributed by atoms with Crippen molar-refractivity contribution in [1.29, 1.82) is 0 Å². The molecule has 3 aliphatic rings. The van der Waals surface area contributed by atoms with Crippen molar-refractivity contribution in [2.24, 2.45) is 0 Å². The fourth-order valence-electron chi connectivity index (χ4n) is 5.95. The van der Waals surface area contributed by atoms with Gasteiger partial charge in [0.2, 0.25) is 36.1 Å². The largest absolute Gasteiger partial charge is 0.504 e. The first-order valence-electron chi connectivity index (χ1n) is 16.1. The number of benzene rings is 2. The minimum Gasteiger partial charge on any atom is -0.504 e. The summed E-state index contributed by atoms with van der Waals surface area (Å²) in [5.74, 6) is -4.21. The Kier molecular flexibility index (Phi) is 11.3. The van der Waals surface area contributed by atoms with E-state index in [4.69, 9.17) is 32.8 Å². The Hall–Kier alpha value is -3.91. The molecule has 14 atom stereocenters. The number of aliphatic hydroxyl groups excluding tert-OH is 11. The number of aromatic hydroxyl groups is 2. The van der Waals surface area contributed by atoms with Gasteiger partial charge in [-0.2, -0.15) is 0 Å². The van der Waals surface area contributed by atoms with Crippen molar-refractivity contribution in [2.45, 2.75) is 86.0 Å². The number of hydrogen-bond acceptors (Lipinski definition) is 21. The summed E-state index contributed by atoms with van der Waals surface area (Å²) < 4.78 is 38.5. The number of aliphatic hydroxyl groups is 11. The van der Waals surface area contributed by atoms with Gasteiger partial charge in [-0.1, -0.05) is 0 Å². The third kappa shape index (κ3) is 7.20. The van der Waals surface area contributed by atoms with E-state index in [1.165, 1.54) is 24.3 Å². The van der Waals surface area contributed by atoms with E-state index >= 15 is 0 Å². The van der Waals surface area contributed by atoms with Crippen LogP contribution < -0.4 is 19.6 Å². The van der Waals surface area contributed by atoms with E-state index in [2.05, 4.69) is 0 Å². The summed E-state index contributed by atoms with van der Waals surface area (Å²) in [7, 11) is 0. The van der Waals surface area contributed by atoms with Crippen molar-refractivity contribution >= 4 is 11.0 Å². The van der Waals surface area contributed by atoms with Crippen molar-refractivity contribution in [2.75, 3.05) is 19.8 Å². The number of phenolic OH excluding ortho intramolecular Hbond substituents is 2. The molecule has 3 saturated heterocycles. The first-order valence-corrected chi connectivity index (χ1v) is 16.1. The third-order valence-corrected chi connectivity index (χ3v) is 9.05. The van der Waals surface area contributed by atoms with Gasteiger partial charge in [0, 0.05) is 11.6 Å².